The molecule has 0 aromatic heterocycles. The van der Waals surface area contributed by atoms with E-state index in [1.165, 1.54) is 22.8 Å². The van der Waals surface area contributed by atoms with Crippen LogP contribution in [0.2, 0.25) is 5.02 Å². The highest BCUT2D eigenvalue weighted by atomic mass is 35.5. The number of anilines is 1. The molecule has 2 aromatic carbocycles. The lowest BCUT2D eigenvalue weighted by atomic mass is 10.0. The van der Waals surface area contributed by atoms with Crippen LogP contribution in [0.1, 0.15) is 29.7 Å². The van der Waals surface area contributed by atoms with Crippen LogP contribution in [-0.2, 0) is 0 Å². The van der Waals surface area contributed by atoms with Gasteiger partial charge < -0.3 is 5.32 Å². The molecule has 0 heterocycles. The number of aryl methyl sites for hydroxylation is 2. The lowest BCUT2D eigenvalue weighted by Gasteiger charge is -2.17. The van der Waals surface area contributed by atoms with E-state index in [2.05, 4.69) is 44.3 Å². The summed E-state index contributed by atoms with van der Waals surface area (Å²) in [6.45, 7) is 6.26. The molecule has 0 aliphatic heterocycles. The Kier molecular flexibility index (Phi) is 4.11. The fraction of sp³-hybridized carbons (Fsp3) is 0.250. The Morgan fingerprint density at radius 2 is 1.79 bits per heavy atom. The van der Waals surface area contributed by atoms with Gasteiger partial charge in [-0.2, -0.15) is 0 Å². The molecule has 0 amide bonds. The molecule has 0 saturated heterocycles. The molecular weight excluding hydrogens is 261 g/mol. The molecule has 1 unspecified atom stereocenters. The average Bonchev–Trinajstić information content (AvgIpc) is 2.37. The molecule has 100 valence electrons. The Morgan fingerprint density at radius 3 is 2.42 bits per heavy atom. The van der Waals surface area contributed by atoms with Gasteiger partial charge in [0.15, 0.2) is 0 Å². The van der Waals surface area contributed by atoms with E-state index in [9.17, 15) is 4.39 Å². The minimum Gasteiger partial charge on any atom is -0.378 e. The number of rotatable bonds is 3. The molecule has 1 atom stereocenters. The molecular formula is C16H17ClFN. The molecule has 3 heteroatoms. The standard InChI is InChI=1S/C16H17ClFN/c1-10-4-5-13(8-11(10)2)12(3)19-14-6-7-16(18)15(17)9-14/h4-9,12,19H,1-3H3. The van der Waals surface area contributed by atoms with Crippen molar-refractivity contribution in [2.45, 2.75) is 26.8 Å². The first kappa shape index (κ1) is 13.9. The monoisotopic (exact) mass is 277 g/mol. The largest absolute Gasteiger partial charge is 0.378 e. The fourth-order valence-electron chi connectivity index (χ4n) is 1.95. The third-order valence-corrected chi connectivity index (χ3v) is 3.62. The number of hydrogen-bond donors (Lipinski definition) is 1. The van der Waals surface area contributed by atoms with Gasteiger partial charge in [-0.3, -0.25) is 0 Å². The average molecular weight is 278 g/mol. The van der Waals surface area contributed by atoms with E-state index in [0.29, 0.717) is 0 Å². The number of hydrogen-bond acceptors (Lipinski definition) is 1. The molecule has 2 rings (SSSR count). The Bertz CT molecular complexity index is 595. The minimum atomic E-state index is -0.397. The summed E-state index contributed by atoms with van der Waals surface area (Å²) in [6, 6.07) is 11.2. The summed E-state index contributed by atoms with van der Waals surface area (Å²) in [5.41, 5.74) is 4.56. The van der Waals surface area contributed by atoms with Crippen molar-refractivity contribution < 1.29 is 4.39 Å². The van der Waals surface area contributed by atoms with Crippen molar-refractivity contribution in [1.82, 2.24) is 0 Å². The van der Waals surface area contributed by atoms with Gasteiger partial charge in [0, 0.05) is 11.7 Å². The maximum absolute atomic E-state index is 13.1. The summed E-state index contributed by atoms with van der Waals surface area (Å²) in [6.07, 6.45) is 0. The third-order valence-electron chi connectivity index (χ3n) is 3.33. The van der Waals surface area contributed by atoms with Crippen molar-refractivity contribution in [3.63, 3.8) is 0 Å². The van der Waals surface area contributed by atoms with Gasteiger partial charge in [-0.1, -0.05) is 29.8 Å². The number of benzene rings is 2. The molecule has 0 aliphatic carbocycles. The van der Waals surface area contributed by atoms with Gasteiger partial charge >= 0.3 is 0 Å². The molecule has 0 spiro atoms. The number of nitrogens with one attached hydrogen (secondary N) is 1. The van der Waals surface area contributed by atoms with Crippen molar-refractivity contribution in [3.05, 3.63) is 63.9 Å². The van der Waals surface area contributed by atoms with Gasteiger partial charge in [0.1, 0.15) is 5.82 Å². The first-order chi connectivity index (χ1) is 8.97. The van der Waals surface area contributed by atoms with Crippen LogP contribution >= 0.6 is 11.6 Å². The van der Waals surface area contributed by atoms with E-state index in [-0.39, 0.29) is 11.1 Å². The van der Waals surface area contributed by atoms with Crippen LogP contribution in [0, 0.1) is 19.7 Å². The van der Waals surface area contributed by atoms with Gasteiger partial charge in [0.2, 0.25) is 0 Å². The Labute approximate surface area is 118 Å². The highest BCUT2D eigenvalue weighted by Gasteiger charge is 2.08. The summed E-state index contributed by atoms with van der Waals surface area (Å²) < 4.78 is 13.1. The Morgan fingerprint density at radius 1 is 1.05 bits per heavy atom. The molecule has 0 saturated carbocycles. The quantitative estimate of drug-likeness (QED) is 0.806. The maximum Gasteiger partial charge on any atom is 0.141 e. The normalized spacial score (nSPS) is 12.3. The molecule has 2 aromatic rings. The summed E-state index contributed by atoms with van der Waals surface area (Å²) in [4.78, 5) is 0. The SMILES string of the molecule is Cc1ccc(C(C)Nc2ccc(F)c(Cl)c2)cc1C. The highest BCUT2D eigenvalue weighted by molar-refractivity contribution is 6.31. The summed E-state index contributed by atoms with van der Waals surface area (Å²) in [5.74, 6) is -0.397. The summed E-state index contributed by atoms with van der Waals surface area (Å²) in [7, 11) is 0. The molecule has 19 heavy (non-hydrogen) atoms. The first-order valence-electron chi connectivity index (χ1n) is 6.26. The molecule has 0 aliphatic rings. The zero-order chi connectivity index (χ0) is 14.0. The predicted molar refractivity (Wildman–Crippen MR) is 79.4 cm³/mol. The second-order valence-electron chi connectivity index (χ2n) is 4.84. The predicted octanol–water partition coefficient (Wildman–Crippen LogP) is 5.27. The number of halogens is 2. The van der Waals surface area contributed by atoms with Gasteiger partial charge in [0.05, 0.1) is 5.02 Å². The van der Waals surface area contributed by atoms with Gasteiger partial charge in [-0.25, -0.2) is 4.39 Å². The highest BCUT2D eigenvalue weighted by Crippen LogP contribution is 2.24. The van der Waals surface area contributed by atoms with Gasteiger partial charge in [-0.05, 0) is 55.7 Å². The smallest absolute Gasteiger partial charge is 0.141 e. The van der Waals surface area contributed by atoms with Gasteiger partial charge in [-0.15, -0.1) is 0 Å². The Balaban J connectivity index is 2.17. The van der Waals surface area contributed by atoms with Gasteiger partial charge in [0.25, 0.3) is 0 Å². The zero-order valence-corrected chi connectivity index (χ0v) is 12.1. The van der Waals surface area contributed by atoms with E-state index in [1.54, 1.807) is 12.1 Å². The van der Waals surface area contributed by atoms with E-state index in [4.69, 9.17) is 11.6 Å². The van der Waals surface area contributed by atoms with E-state index in [0.717, 1.165) is 5.69 Å². The molecule has 0 radical (unpaired) electrons. The minimum absolute atomic E-state index is 0.136. The van der Waals surface area contributed by atoms with Crippen molar-refractivity contribution >= 4 is 17.3 Å². The van der Waals surface area contributed by atoms with Crippen LogP contribution in [0.3, 0.4) is 0 Å². The third kappa shape index (κ3) is 3.27. The second-order valence-corrected chi connectivity index (χ2v) is 5.25. The van der Waals surface area contributed by atoms with Crippen LogP contribution in [0.25, 0.3) is 0 Å². The zero-order valence-electron chi connectivity index (χ0n) is 11.3. The lowest BCUT2D eigenvalue weighted by molar-refractivity contribution is 0.628. The molecule has 1 N–H and O–H groups in total. The van der Waals surface area contributed by atoms with Crippen molar-refractivity contribution in [3.8, 4) is 0 Å². The van der Waals surface area contributed by atoms with Crippen LogP contribution in [0.4, 0.5) is 10.1 Å². The van der Waals surface area contributed by atoms with E-state index < -0.39 is 5.82 Å². The van der Waals surface area contributed by atoms with Crippen LogP contribution in [0.5, 0.6) is 0 Å². The topological polar surface area (TPSA) is 12.0 Å². The van der Waals surface area contributed by atoms with Crippen LogP contribution in [0.15, 0.2) is 36.4 Å². The maximum atomic E-state index is 13.1. The first-order valence-corrected chi connectivity index (χ1v) is 6.64. The van der Waals surface area contributed by atoms with Crippen molar-refractivity contribution in [2.75, 3.05) is 5.32 Å². The second kappa shape index (κ2) is 5.62. The van der Waals surface area contributed by atoms with E-state index in [1.807, 2.05) is 0 Å². The fourth-order valence-corrected chi connectivity index (χ4v) is 2.13. The van der Waals surface area contributed by atoms with Crippen LogP contribution in [-0.4, -0.2) is 0 Å². The Hall–Kier alpha value is -1.54. The van der Waals surface area contributed by atoms with E-state index >= 15 is 0 Å². The molecule has 0 fully saturated rings. The molecule has 1 nitrogen and oxygen atoms in total. The van der Waals surface area contributed by atoms with Crippen molar-refractivity contribution in [1.29, 1.82) is 0 Å². The van der Waals surface area contributed by atoms with Crippen molar-refractivity contribution in [2.24, 2.45) is 0 Å². The van der Waals surface area contributed by atoms with Crippen LogP contribution < -0.4 is 5.32 Å². The summed E-state index contributed by atoms with van der Waals surface area (Å²) >= 11 is 5.77. The summed E-state index contributed by atoms with van der Waals surface area (Å²) in [5, 5.41) is 3.46. The lowest BCUT2D eigenvalue weighted by Crippen LogP contribution is -2.07. The molecule has 0 bridgehead atoms.